The van der Waals surface area contributed by atoms with Crippen LogP contribution in [0.15, 0.2) is 24.4 Å². The molecule has 0 bridgehead atoms. The third-order valence-electron chi connectivity index (χ3n) is 3.12. The number of aromatic amines is 1. The third kappa shape index (κ3) is 3.19. The zero-order chi connectivity index (χ0) is 23.6. The van der Waals surface area contributed by atoms with Crippen molar-refractivity contribution in [2.75, 3.05) is 27.1 Å². The van der Waals surface area contributed by atoms with Crippen molar-refractivity contribution in [3.05, 3.63) is 35.5 Å². The summed E-state index contributed by atoms with van der Waals surface area (Å²) in [5, 5.41) is 0.264. The predicted octanol–water partition coefficient (Wildman–Crippen LogP) is 1.92. The fraction of sp³-hybridized carbons (Fsp3) is 0.438. The number of amides is 1. The van der Waals surface area contributed by atoms with Gasteiger partial charge >= 0.3 is 6.09 Å². The van der Waals surface area contributed by atoms with Crippen LogP contribution in [-0.4, -0.2) is 49.1 Å². The number of aromatic nitrogens is 1. The van der Waals surface area contributed by atoms with Crippen LogP contribution in [0, 0.1) is 0 Å². The highest BCUT2D eigenvalue weighted by atomic mass is 16.6. The molecule has 1 aromatic carbocycles. The Hall–Kier alpha value is -2.01. The van der Waals surface area contributed by atoms with Gasteiger partial charge in [-0.3, -0.25) is 0 Å². The number of alkyl carbamates (subject to hydrolysis) is 1. The van der Waals surface area contributed by atoms with Crippen LogP contribution >= 0.6 is 0 Å². The lowest BCUT2D eigenvalue weighted by atomic mass is 10.0. The zero-order valence-corrected chi connectivity index (χ0v) is 11.4. The highest BCUT2D eigenvalue weighted by Gasteiger charge is 2.22. The first-order valence-corrected chi connectivity index (χ1v) is 6.41. The zero-order valence-electron chi connectivity index (χ0n) is 21.4. The monoisotopic (exact) mass is 297 g/mol. The number of benzene rings is 1. The van der Waals surface area contributed by atoms with Crippen LogP contribution < -0.4 is 5.31 Å². The molecule has 2 heterocycles. The Morgan fingerprint density at radius 1 is 1.71 bits per heavy atom. The average Bonchev–Trinajstić information content (AvgIpc) is 3.05. The van der Waals surface area contributed by atoms with E-state index in [1.165, 1.54) is 31.4 Å². The molecular weight excluding hydrogens is 266 g/mol. The van der Waals surface area contributed by atoms with E-state index in [1.54, 1.807) is 0 Å². The Morgan fingerprint density at radius 3 is 3.38 bits per heavy atom. The molecule has 21 heavy (non-hydrogen) atoms. The van der Waals surface area contributed by atoms with Gasteiger partial charge in [-0.1, -0.05) is 6.07 Å². The molecule has 1 aliphatic heterocycles. The topological polar surface area (TPSA) is 57.4 Å². The van der Waals surface area contributed by atoms with E-state index >= 15 is 0 Å². The quantitative estimate of drug-likeness (QED) is 0.886. The van der Waals surface area contributed by atoms with Gasteiger partial charge in [0.25, 0.3) is 0 Å². The molecule has 0 spiro atoms. The fourth-order valence-electron chi connectivity index (χ4n) is 2.11. The molecule has 2 aromatic rings. The van der Waals surface area contributed by atoms with Crippen molar-refractivity contribution in [3.8, 4) is 0 Å². The maximum atomic E-state index is 11.7. The summed E-state index contributed by atoms with van der Waals surface area (Å²) in [7, 11) is 1.43. The average molecular weight is 297 g/mol. The number of carbonyl (C=O) groups is 1. The molecule has 1 fully saturated rings. The van der Waals surface area contributed by atoms with Crippen LogP contribution in [0.4, 0.5) is 4.79 Å². The van der Waals surface area contributed by atoms with Gasteiger partial charge in [-0.2, -0.15) is 0 Å². The van der Waals surface area contributed by atoms with Gasteiger partial charge in [-0.05, 0) is 50.1 Å². The molecule has 1 saturated heterocycles. The van der Waals surface area contributed by atoms with Gasteiger partial charge in [0, 0.05) is 30.5 Å². The van der Waals surface area contributed by atoms with Crippen molar-refractivity contribution in [1.29, 1.82) is 0 Å². The molecule has 5 heteroatoms. The smallest absolute Gasteiger partial charge is 0.407 e. The van der Waals surface area contributed by atoms with Gasteiger partial charge in [-0.25, -0.2) is 4.79 Å². The summed E-state index contributed by atoms with van der Waals surface area (Å²) in [5.74, 6) is 0. The van der Waals surface area contributed by atoms with Crippen molar-refractivity contribution in [1.82, 2.24) is 15.2 Å². The van der Waals surface area contributed by atoms with Crippen LogP contribution in [0.3, 0.4) is 0 Å². The Balaban J connectivity index is 2.05. The summed E-state index contributed by atoms with van der Waals surface area (Å²) in [6.45, 7) is -5.25. The molecule has 1 aromatic heterocycles. The van der Waals surface area contributed by atoms with Crippen LogP contribution in [0.25, 0.3) is 10.9 Å². The molecule has 0 unspecified atom stereocenters. The summed E-state index contributed by atoms with van der Waals surface area (Å²) in [6.07, 6.45) is -2.64. The molecule has 1 aliphatic rings. The minimum Gasteiger partial charge on any atom is -0.447 e. The SMILES string of the molecule is [2H]N1C(=O)OC([2H])([2H])[C@]1([2H])C([2H])([2H])c1ccc2c(c1)c(CCN(C)C([2H])([2H])[2H])cn2[2H]. The standard InChI is InChI=1S/C16H21N3O2/c1-19(2)6-5-12-9-17-15-4-3-11(8-14(12)15)7-13-10-21-16(20)18-13/h3-4,8-9,13,17H,5-7,10H2,1-2H3,(H,18,20)/t13-/m0/s1/i1D3,7D2,10D2,13D/hD2. The molecular formula is C16H21N3O2. The van der Waals surface area contributed by atoms with Crippen molar-refractivity contribution in [3.63, 3.8) is 0 Å². The lowest BCUT2D eigenvalue weighted by Crippen LogP contribution is -2.28. The number of carbonyl (C=O) groups excluding carboxylic acids is 1. The summed E-state index contributed by atoms with van der Waals surface area (Å²) in [5.41, 5.74) is 0.767. The third-order valence-corrected chi connectivity index (χ3v) is 3.12. The van der Waals surface area contributed by atoms with Crippen molar-refractivity contribution in [2.24, 2.45) is 0 Å². The van der Waals surface area contributed by atoms with E-state index in [9.17, 15) is 4.79 Å². The Labute approximate surface area is 138 Å². The number of ether oxygens (including phenoxy) is 1. The van der Waals surface area contributed by atoms with E-state index < -0.39 is 32.0 Å². The van der Waals surface area contributed by atoms with E-state index in [0.717, 1.165) is 9.88 Å². The molecule has 0 saturated carbocycles. The minimum atomic E-state index is -3.10. The second kappa shape index (κ2) is 5.77. The molecule has 1 atom stereocenters. The molecule has 1 amide bonds. The number of cyclic esters (lactones) is 1. The number of likely N-dealkylation sites (N-methyl/N-ethyl adjacent to an activating group) is 1. The maximum absolute atomic E-state index is 11.7. The molecule has 0 radical (unpaired) electrons. The number of hydrogen-bond donors (Lipinski definition) is 2. The second-order valence-electron chi connectivity index (χ2n) is 4.74. The largest absolute Gasteiger partial charge is 0.447 e. The van der Waals surface area contributed by atoms with E-state index in [1.807, 2.05) is 0 Å². The van der Waals surface area contributed by atoms with Crippen LogP contribution in [0.2, 0.25) is 2.82 Å². The van der Waals surface area contributed by atoms with Crippen LogP contribution in [-0.2, 0) is 17.5 Å². The number of nitrogens with one attached hydrogen (secondary N) is 2. The Morgan fingerprint density at radius 2 is 2.62 bits per heavy atom. The predicted molar refractivity (Wildman–Crippen MR) is 82.5 cm³/mol. The van der Waals surface area contributed by atoms with E-state index in [2.05, 4.69) is 4.74 Å². The van der Waals surface area contributed by atoms with E-state index in [4.69, 9.17) is 13.8 Å². The van der Waals surface area contributed by atoms with Gasteiger partial charge in [-0.15, -0.1) is 0 Å². The lowest BCUT2D eigenvalue weighted by molar-refractivity contribution is 0.177. The lowest BCUT2D eigenvalue weighted by Gasteiger charge is -2.09. The number of fused-ring (bicyclic) bond motifs is 1. The maximum Gasteiger partial charge on any atom is 0.407 e. The van der Waals surface area contributed by atoms with E-state index in [0.29, 0.717) is 16.5 Å². The summed E-state index contributed by atoms with van der Waals surface area (Å²) >= 11 is 0. The highest BCUT2D eigenvalue weighted by Crippen LogP contribution is 2.21. The molecule has 2 N–H and O–H groups in total. The number of H-pyrrole nitrogens is 1. The highest BCUT2D eigenvalue weighted by molar-refractivity contribution is 5.84. The molecule has 112 valence electrons. The number of hydrogen-bond acceptors (Lipinski definition) is 3. The van der Waals surface area contributed by atoms with Gasteiger partial charge < -0.3 is 19.9 Å². The first kappa shape index (κ1) is 6.40. The summed E-state index contributed by atoms with van der Waals surface area (Å²) in [6, 6.07) is 0.968. The van der Waals surface area contributed by atoms with Gasteiger partial charge in [0.05, 0.1) is 10.1 Å². The van der Waals surface area contributed by atoms with Crippen LogP contribution in [0.5, 0.6) is 0 Å². The first-order chi connectivity index (χ1) is 14.0. The number of rotatable bonds is 5. The van der Waals surface area contributed by atoms with Gasteiger partial charge in [0.1, 0.15) is 6.56 Å². The van der Waals surface area contributed by atoms with Gasteiger partial charge in [0.15, 0.2) is 2.82 Å². The first-order valence-electron chi connectivity index (χ1n) is 11.3. The van der Waals surface area contributed by atoms with Crippen molar-refractivity contribution < 1.29 is 23.3 Å². The summed E-state index contributed by atoms with van der Waals surface area (Å²) in [4.78, 5) is 13.9. The number of nitrogens with zero attached hydrogens (tertiary/aromatic N) is 1. The minimum absolute atomic E-state index is 0.139. The van der Waals surface area contributed by atoms with Crippen molar-refractivity contribution >= 4 is 17.0 Å². The fourth-order valence-corrected chi connectivity index (χ4v) is 2.11. The molecule has 0 aliphatic carbocycles. The Kier molecular flexibility index (Phi) is 1.76. The van der Waals surface area contributed by atoms with E-state index in [-0.39, 0.29) is 23.8 Å². The summed E-state index contributed by atoms with van der Waals surface area (Å²) < 4.78 is 83.4. The molecule has 3 rings (SSSR count). The van der Waals surface area contributed by atoms with Gasteiger partial charge in [0.2, 0.25) is 0 Å². The normalized spacial score (nSPS) is 32.9. The van der Waals surface area contributed by atoms with Crippen molar-refractivity contribution in [2.45, 2.75) is 18.8 Å². The Bertz CT molecular complexity index is 1020. The molecule has 5 nitrogen and oxygen atoms in total. The van der Waals surface area contributed by atoms with Crippen LogP contribution in [0.1, 0.15) is 22.1 Å². The second-order valence-corrected chi connectivity index (χ2v) is 4.74.